The molecule has 0 saturated heterocycles. The number of ether oxygens (including phenoxy) is 1. The van der Waals surface area contributed by atoms with Gasteiger partial charge in [0.2, 0.25) is 0 Å². The van der Waals surface area contributed by atoms with Crippen molar-refractivity contribution in [3.63, 3.8) is 0 Å². The van der Waals surface area contributed by atoms with Gasteiger partial charge in [0.1, 0.15) is 0 Å². The molecule has 2 nitrogen and oxygen atoms in total. The largest absolute Gasteiger partial charge is 0.375 e. The Morgan fingerprint density at radius 2 is 2.45 bits per heavy atom. The van der Waals surface area contributed by atoms with Crippen LogP contribution in [0.5, 0.6) is 0 Å². The highest BCUT2D eigenvalue weighted by molar-refractivity contribution is 7.10. The van der Waals surface area contributed by atoms with Crippen molar-refractivity contribution in [2.45, 2.75) is 13.0 Å². The Hall–Kier alpha value is -0.380. The number of hydrogen-bond donors (Lipinski definition) is 1. The number of thiophene rings is 1. The molecule has 0 spiro atoms. The van der Waals surface area contributed by atoms with Crippen molar-refractivity contribution in [1.82, 2.24) is 0 Å². The molecule has 0 aliphatic heterocycles. The molecule has 0 aliphatic rings. The summed E-state index contributed by atoms with van der Waals surface area (Å²) < 4.78 is 5.21. The maximum absolute atomic E-state index is 5.52. The van der Waals surface area contributed by atoms with Gasteiger partial charge in [-0.3, -0.25) is 0 Å². The van der Waals surface area contributed by atoms with Crippen LogP contribution in [0.4, 0.5) is 0 Å². The zero-order valence-electron chi connectivity index (χ0n) is 6.83. The van der Waals surface area contributed by atoms with Gasteiger partial charge in [-0.15, -0.1) is 11.3 Å². The van der Waals surface area contributed by atoms with Crippen LogP contribution in [-0.4, -0.2) is 13.7 Å². The van der Waals surface area contributed by atoms with Crippen molar-refractivity contribution in [3.8, 4) is 0 Å². The molecule has 1 unspecified atom stereocenters. The standard InChI is InChI=1S/C8H13NOS/c1-6-7(3-4-11-6)8(5-9)10-2/h3-4,8H,5,9H2,1-2H3. The number of hydrogen-bond acceptors (Lipinski definition) is 3. The van der Waals surface area contributed by atoms with E-state index in [1.807, 2.05) is 0 Å². The van der Waals surface area contributed by atoms with Crippen LogP contribution in [0.3, 0.4) is 0 Å². The molecule has 0 radical (unpaired) electrons. The minimum absolute atomic E-state index is 0.0706. The number of methoxy groups -OCH3 is 1. The molecule has 1 atom stereocenters. The molecule has 0 bridgehead atoms. The summed E-state index contributed by atoms with van der Waals surface area (Å²) in [4.78, 5) is 1.29. The average molecular weight is 171 g/mol. The molecule has 0 aliphatic carbocycles. The lowest BCUT2D eigenvalue weighted by Gasteiger charge is -2.11. The van der Waals surface area contributed by atoms with Gasteiger partial charge in [0.25, 0.3) is 0 Å². The number of aryl methyl sites for hydroxylation is 1. The third-order valence-corrected chi connectivity index (χ3v) is 2.61. The van der Waals surface area contributed by atoms with Crippen LogP contribution < -0.4 is 5.73 Å². The zero-order valence-corrected chi connectivity index (χ0v) is 7.65. The summed E-state index contributed by atoms with van der Waals surface area (Å²) >= 11 is 1.73. The van der Waals surface area contributed by atoms with Gasteiger partial charge in [0.15, 0.2) is 0 Å². The molecular formula is C8H13NOS. The Labute approximate surface area is 71.0 Å². The summed E-state index contributed by atoms with van der Waals surface area (Å²) in [5.41, 5.74) is 6.75. The Morgan fingerprint density at radius 3 is 2.82 bits per heavy atom. The lowest BCUT2D eigenvalue weighted by molar-refractivity contribution is 0.110. The van der Waals surface area contributed by atoms with Crippen molar-refractivity contribution in [3.05, 3.63) is 21.9 Å². The molecule has 1 aromatic heterocycles. The zero-order chi connectivity index (χ0) is 8.27. The normalized spacial score (nSPS) is 13.4. The Kier molecular flexibility index (Phi) is 3.05. The SMILES string of the molecule is COC(CN)c1ccsc1C. The molecule has 3 heteroatoms. The summed E-state index contributed by atoms with van der Waals surface area (Å²) in [5.74, 6) is 0. The molecule has 0 fully saturated rings. The monoisotopic (exact) mass is 171 g/mol. The fourth-order valence-corrected chi connectivity index (χ4v) is 1.83. The van der Waals surface area contributed by atoms with Gasteiger partial charge >= 0.3 is 0 Å². The van der Waals surface area contributed by atoms with Crippen molar-refractivity contribution in [1.29, 1.82) is 0 Å². The van der Waals surface area contributed by atoms with Crippen LogP contribution in [0.1, 0.15) is 16.5 Å². The van der Waals surface area contributed by atoms with E-state index in [0.29, 0.717) is 6.54 Å². The van der Waals surface area contributed by atoms with Crippen molar-refractivity contribution < 1.29 is 4.74 Å². The molecule has 1 rings (SSSR count). The van der Waals surface area contributed by atoms with E-state index in [2.05, 4.69) is 18.4 Å². The van der Waals surface area contributed by atoms with Crippen LogP contribution in [-0.2, 0) is 4.74 Å². The molecule has 2 N–H and O–H groups in total. The van der Waals surface area contributed by atoms with Crippen molar-refractivity contribution in [2.75, 3.05) is 13.7 Å². The summed E-state index contributed by atoms with van der Waals surface area (Å²) in [5, 5.41) is 2.06. The van der Waals surface area contributed by atoms with Gasteiger partial charge in [0, 0.05) is 18.5 Å². The van der Waals surface area contributed by atoms with Crippen molar-refractivity contribution in [2.24, 2.45) is 5.73 Å². The topological polar surface area (TPSA) is 35.2 Å². The summed E-state index contributed by atoms with van der Waals surface area (Å²) in [6.45, 7) is 2.63. The van der Waals surface area contributed by atoms with Crippen LogP contribution >= 0.6 is 11.3 Å². The molecule has 0 saturated carbocycles. The van der Waals surface area contributed by atoms with Gasteiger partial charge in [-0.25, -0.2) is 0 Å². The van der Waals surface area contributed by atoms with Gasteiger partial charge < -0.3 is 10.5 Å². The van der Waals surface area contributed by atoms with E-state index >= 15 is 0 Å². The van der Waals surface area contributed by atoms with E-state index in [-0.39, 0.29) is 6.10 Å². The van der Waals surface area contributed by atoms with Gasteiger partial charge in [-0.05, 0) is 23.9 Å². The Morgan fingerprint density at radius 1 is 1.73 bits per heavy atom. The fourth-order valence-electron chi connectivity index (χ4n) is 1.08. The molecule has 1 aromatic rings. The second-order valence-corrected chi connectivity index (χ2v) is 3.51. The average Bonchev–Trinajstić information content (AvgIpc) is 2.40. The minimum Gasteiger partial charge on any atom is -0.375 e. The molecule has 1 heterocycles. The Balaban J connectivity index is 2.81. The highest BCUT2D eigenvalue weighted by Crippen LogP contribution is 2.23. The van der Waals surface area contributed by atoms with E-state index in [1.54, 1.807) is 18.4 Å². The summed E-state index contributed by atoms with van der Waals surface area (Å²) in [7, 11) is 1.69. The summed E-state index contributed by atoms with van der Waals surface area (Å²) in [6.07, 6.45) is 0.0706. The van der Waals surface area contributed by atoms with Crippen LogP contribution in [0, 0.1) is 6.92 Å². The van der Waals surface area contributed by atoms with E-state index in [4.69, 9.17) is 10.5 Å². The minimum atomic E-state index is 0.0706. The predicted molar refractivity (Wildman–Crippen MR) is 47.9 cm³/mol. The third kappa shape index (κ3) is 1.80. The van der Waals surface area contributed by atoms with Gasteiger partial charge in [-0.2, -0.15) is 0 Å². The molecule has 0 amide bonds. The van der Waals surface area contributed by atoms with Crippen LogP contribution in [0.15, 0.2) is 11.4 Å². The Bertz CT molecular complexity index is 218. The lowest BCUT2D eigenvalue weighted by atomic mass is 10.1. The first-order valence-electron chi connectivity index (χ1n) is 3.56. The van der Waals surface area contributed by atoms with Crippen LogP contribution in [0.2, 0.25) is 0 Å². The van der Waals surface area contributed by atoms with E-state index in [0.717, 1.165) is 0 Å². The maximum Gasteiger partial charge on any atom is 0.0953 e. The van der Waals surface area contributed by atoms with Crippen LogP contribution in [0.25, 0.3) is 0 Å². The fraction of sp³-hybridized carbons (Fsp3) is 0.500. The van der Waals surface area contributed by atoms with E-state index < -0.39 is 0 Å². The predicted octanol–water partition coefficient (Wildman–Crippen LogP) is 1.70. The molecule has 62 valence electrons. The van der Waals surface area contributed by atoms with Gasteiger partial charge in [-0.1, -0.05) is 0 Å². The third-order valence-electron chi connectivity index (χ3n) is 1.74. The van der Waals surface area contributed by atoms with Crippen molar-refractivity contribution >= 4 is 11.3 Å². The van der Waals surface area contributed by atoms with E-state index in [1.165, 1.54) is 10.4 Å². The first-order valence-corrected chi connectivity index (χ1v) is 4.44. The van der Waals surface area contributed by atoms with E-state index in [9.17, 15) is 0 Å². The summed E-state index contributed by atoms with van der Waals surface area (Å²) in [6, 6.07) is 2.07. The highest BCUT2D eigenvalue weighted by atomic mass is 32.1. The molecule has 11 heavy (non-hydrogen) atoms. The highest BCUT2D eigenvalue weighted by Gasteiger charge is 2.10. The second kappa shape index (κ2) is 3.85. The molecular weight excluding hydrogens is 158 g/mol. The first kappa shape index (κ1) is 8.71. The first-order chi connectivity index (χ1) is 5.29. The second-order valence-electron chi connectivity index (χ2n) is 2.39. The smallest absolute Gasteiger partial charge is 0.0953 e. The lowest BCUT2D eigenvalue weighted by Crippen LogP contribution is -2.14. The molecule has 0 aromatic carbocycles. The maximum atomic E-state index is 5.52. The number of rotatable bonds is 3. The quantitative estimate of drug-likeness (QED) is 0.751. The van der Waals surface area contributed by atoms with Gasteiger partial charge in [0.05, 0.1) is 6.10 Å². The number of nitrogens with two attached hydrogens (primary N) is 1.